The first-order chi connectivity index (χ1) is 10.3. The van der Waals surface area contributed by atoms with Crippen molar-refractivity contribution in [2.75, 3.05) is 19.6 Å². The number of nitrogens with one attached hydrogen (secondary N) is 2. The highest BCUT2D eigenvalue weighted by Crippen LogP contribution is 2.18. The van der Waals surface area contributed by atoms with E-state index in [1.165, 1.54) is 12.8 Å². The third kappa shape index (κ3) is 4.34. The first kappa shape index (κ1) is 17.0. The van der Waals surface area contributed by atoms with E-state index < -0.39 is 0 Å². The molecule has 1 saturated heterocycles. The van der Waals surface area contributed by atoms with Gasteiger partial charge in [-0.1, -0.05) is 12.2 Å². The predicted octanol–water partition coefficient (Wildman–Crippen LogP) is 2.32. The summed E-state index contributed by atoms with van der Waals surface area (Å²) in [5, 5.41) is 10.8. The smallest absolute Gasteiger partial charge is 0.271 e. The van der Waals surface area contributed by atoms with Crippen LogP contribution in [0.5, 0.6) is 0 Å². The summed E-state index contributed by atoms with van der Waals surface area (Å²) in [6.45, 7) is 2.78. The Morgan fingerprint density at radius 1 is 1.41 bits per heavy atom. The molecule has 0 bridgehead atoms. The maximum Gasteiger partial charge on any atom is 0.271 e. The van der Waals surface area contributed by atoms with Gasteiger partial charge in [-0.2, -0.15) is 5.10 Å². The zero-order valence-corrected chi connectivity index (χ0v) is 13.6. The Morgan fingerprint density at radius 2 is 2.32 bits per heavy atom. The van der Waals surface area contributed by atoms with Gasteiger partial charge in [0.2, 0.25) is 0 Å². The molecule has 2 heterocycles. The number of rotatable bonds is 4. The summed E-state index contributed by atoms with van der Waals surface area (Å²) in [6.07, 6.45) is 12.0. The molecule has 0 aromatic carbocycles. The average molecular weight is 325 g/mol. The molecule has 122 valence electrons. The van der Waals surface area contributed by atoms with Crippen LogP contribution in [0, 0.1) is 5.92 Å². The number of aromatic nitrogens is 2. The molecule has 2 unspecified atom stereocenters. The van der Waals surface area contributed by atoms with Gasteiger partial charge in [-0.05, 0) is 50.6 Å². The predicted molar refractivity (Wildman–Crippen MR) is 89.4 cm³/mol. The SMILES string of the molecule is Cl.O=C(NCC1CC=CCC1)c1ccn(C2CCCNC2)n1. The number of halogens is 1. The number of carbonyl (C=O) groups is 1. The molecule has 0 spiro atoms. The van der Waals surface area contributed by atoms with Crippen LogP contribution in [0.4, 0.5) is 0 Å². The number of hydrogen-bond acceptors (Lipinski definition) is 3. The second-order valence-electron chi connectivity index (χ2n) is 6.04. The first-order valence-corrected chi connectivity index (χ1v) is 8.02. The zero-order chi connectivity index (χ0) is 14.5. The lowest BCUT2D eigenvalue weighted by Crippen LogP contribution is -2.32. The monoisotopic (exact) mass is 324 g/mol. The van der Waals surface area contributed by atoms with Crippen molar-refractivity contribution in [1.29, 1.82) is 0 Å². The number of allylic oxidation sites excluding steroid dienone is 2. The van der Waals surface area contributed by atoms with Crippen LogP contribution in [-0.4, -0.2) is 35.3 Å². The van der Waals surface area contributed by atoms with Crippen LogP contribution >= 0.6 is 12.4 Å². The maximum absolute atomic E-state index is 12.2. The van der Waals surface area contributed by atoms with Crippen LogP contribution < -0.4 is 10.6 Å². The molecular formula is C16H25ClN4O. The molecule has 3 rings (SSSR count). The fourth-order valence-electron chi connectivity index (χ4n) is 3.09. The van der Waals surface area contributed by atoms with Crippen molar-refractivity contribution in [1.82, 2.24) is 20.4 Å². The van der Waals surface area contributed by atoms with Gasteiger partial charge in [-0.15, -0.1) is 12.4 Å². The zero-order valence-electron chi connectivity index (χ0n) is 12.8. The summed E-state index contributed by atoms with van der Waals surface area (Å²) < 4.78 is 1.93. The molecule has 0 saturated carbocycles. The molecule has 0 radical (unpaired) electrons. The highest BCUT2D eigenvalue weighted by molar-refractivity contribution is 5.92. The highest BCUT2D eigenvalue weighted by Gasteiger charge is 2.18. The van der Waals surface area contributed by atoms with Crippen LogP contribution in [0.1, 0.15) is 48.6 Å². The summed E-state index contributed by atoms with van der Waals surface area (Å²) in [5.74, 6) is 0.524. The van der Waals surface area contributed by atoms with Crippen LogP contribution in [0.15, 0.2) is 24.4 Å². The minimum absolute atomic E-state index is 0. The Hall–Kier alpha value is -1.33. The largest absolute Gasteiger partial charge is 0.350 e. The van der Waals surface area contributed by atoms with Crippen molar-refractivity contribution in [2.24, 2.45) is 5.92 Å². The Balaban J connectivity index is 0.00000176. The molecule has 2 atom stereocenters. The van der Waals surface area contributed by atoms with Crippen LogP contribution in [0.3, 0.4) is 0 Å². The van der Waals surface area contributed by atoms with E-state index in [9.17, 15) is 4.79 Å². The minimum atomic E-state index is -0.0490. The lowest BCUT2D eigenvalue weighted by Gasteiger charge is -2.22. The Morgan fingerprint density at radius 3 is 3.05 bits per heavy atom. The van der Waals surface area contributed by atoms with Gasteiger partial charge in [0.15, 0.2) is 0 Å². The molecule has 22 heavy (non-hydrogen) atoms. The van der Waals surface area contributed by atoms with Crippen molar-refractivity contribution in [3.8, 4) is 0 Å². The number of carbonyl (C=O) groups excluding carboxylic acids is 1. The summed E-state index contributed by atoms with van der Waals surface area (Å²) in [5.41, 5.74) is 0.534. The fourth-order valence-corrected chi connectivity index (χ4v) is 3.09. The topological polar surface area (TPSA) is 59.0 Å². The van der Waals surface area contributed by atoms with E-state index in [1.807, 2.05) is 16.9 Å². The van der Waals surface area contributed by atoms with Gasteiger partial charge in [0.25, 0.3) is 5.91 Å². The molecule has 1 aliphatic heterocycles. The third-order valence-corrected chi connectivity index (χ3v) is 4.41. The normalized spacial score (nSPS) is 24.5. The van der Waals surface area contributed by atoms with Gasteiger partial charge in [0, 0.05) is 19.3 Å². The molecule has 2 aliphatic rings. The fraction of sp³-hybridized carbons (Fsp3) is 0.625. The van der Waals surface area contributed by atoms with Crippen molar-refractivity contribution < 1.29 is 4.79 Å². The lowest BCUT2D eigenvalue weighted by atomic mass is 9.94. The number of nitrogens with zero attached hydrogens (tertiary/aromatic N) is 2. The van der Waals surface area contributed by atoms with Gasteiger partial charge in [0.1, 0.15) is 5.69 Å². The summed E-state index contributed by atoms with van der Waals surface area (Å²) in [4.78, 5) is 12.2. The number of amides is 1. The van der Waals surface area contributed by atoms with E-state index in [2.05, 4.69) is 27.9 Å². The molecular weight excluding hydrogens is 300 g/mol. The Labute approximate surface area is 137 Å². The maximum atomic E-state index is 12.2. The Bertz CT molecular complexity index is 508. The van der Waals surface area contributed by atoms with E-state index in [4.69, 9.17) is 0 Å². The average Bonchev–Trinajstić information content (AvgIpc) is 3.04. The minimum Gasteiger partial charge on any atom is -0.350 e. The number of piperidine rings is 1. The van der Waals surface area contributed by atoms with E-state index in [-0.39, 0.29) is 18.3 Å². The van der Waals surface area contributed by atoms with Gasteiger partial charge >= 0.3 is 0 Å². The lowest BCUT2D eigenvalue weighted by molar-refractivity contribution is 0.0940. The van der Waals surface area contributed by atoms with Crippen molar-refractivity contribution in [3.05, 3.63) is 30.1 Å². The van der Waals surface area contributed by atoms with Crippen molar-refractivity contribution in [2.45, 2.75) is 38.1 Å². The van der Waals surface area contributed by atoms with E-state index >= 15 is 0 Å². The molecule has 1 aliphatic carbocycles. The highest BCUT2D eigenvalue weighted by atomic mass is 35.5. The molecule has 2 N–H and O–H groups in total. The summed E-state index contributed by atoms with van der Waals surface area (Å²) >= 11 is 0. The van der Waals surface area contributed by atoms with Gasteiger partial charge in [-0.3, -0.25) is 9.48 Å². The van der Waals surface area contributed by atoms with Crippen LogP contribution in [0.2, 0.25) is 0 Å². The Kier molecular flexibility index (Phi) is 6.46. The second kappa shape index (κ2) is 8.34. The molecule has 6 heteroatoms. The quantitative estimate of drug-likeness (QED) is 0.836. The molecule has 1 aromatic heterocycles. The molecule has 5 nitrogen and oxygen atoms in total. The molecule has 1 fully saturated rings. The van der Waals surface area contributed by atoms with E-state index in [0.29, 0.717) is 17.7 Å². The molecule has 1 aromatic rings. The molecule has 1 amide bonds. The van der Waals surface area contributed by atoms with Crippen molar-refractivity contribution in [3.63, 3.8) is 0 Å². The van der Waals surface area contributed by atoms with E-state index in [0.717, 1.165) is 38.9 Å². The van der Waals surface area contributed by atoms with E-state index in [1.54, 1.807) is 0 Å². The van der Waals surface area contributed by atoms with Gasteiger partial charge < -0.3 is 10.6 Å². The second-order valence-corrected chi connectivity index (χ2v) is 6.04. The standard InChI is InChI=1S/C16H24N4O.ClH/c21-16(18-11-13-5-2-1-3-6-13)15-8-10-20(19-15)14-7-4-9-17-12-14;/h1-2,8,10,13-14,17H,3-7,9,11-12H2,(H,18,21);1H. The first-order valence-electron chi connectivity index (χ1n) is 8.02. The van der Waals surface area contributed by atoms with Crippen LogP contribution in [0.25, 0.3) is 0 Å². The third-order valence-electron chi connectivity index (χ3n) is 4.41. The summed E-state index contributed by atoms with van der Waals surface area (Å²) in [7, 11) is 0. The van der Waals surface area contributed by atoms with Gasteiger partial charge in [0.05, 0.1) is 6.04 Å². The number of hydrogen-bond donors (Lipinski definition) is 2. The van der Waals surface area contributed by atoms with Crippen molar-refractivity contribution >= 4 is 18.3 Å². The summed E-state index contributed by atoms with van der Waals surface area (Å²) in [6, 6.07) is 2.20. The van der Waals surface area contributed by atoms with Crippen LogP contribution in [-0.2, 0) is 0 Å². The van der Waals surface area contributed by atoms with Gasteiger partial charge in [-0.25, -0.2) is 0 Å².